The molecule has 0 bridgehead atoms. The van der Waals surface area contributed by atoms with Crippen molar-refractivity contribution in [2.24, 2.45) is 11.8 Å². The molecule has 0 aromatic carbocycles. The zero-order valence-corrected chi connectivity index (χ0v) is 12.3. The maximum absolute atomic E-state index is 11.7. The van der Waals surface area contributed by atoms with Crippen molar-refractivity contribution >= 4 is 5.97 Å². The van der Waals surface area contributed by atoms with Gasteiger partial charge < -0.3 is 9.64 Å². The number of esters is 1. The number of carbonyl (C=O) groups excluding carboxylic acids is 1. The number of aromatic nitrogens is 1. The Morgan fingerprint density at radius 2 is 2.16 bits per heavy atom. The lowest BCUT2D eigenvalue weighted by Crippen LogP contribution is -2.35. The molecule has 1 heterocycles. The van der Waals surface area contributed by atoms with E-state index < -0.39 is 0 Å². The number of rotatable bonds is 7. The van der Waals surface area contributed by atoms with Crippen molar-refractivity contribution in [3.63, 3.8) is 0 Å². The van der Waals surface area contributed by atoms with Crippen LogP contribution in [0.15, 0.2) is 24.4 Å². The van der Waals surface area contributed by atoms with E-state index in [2.05, 4.69) is 9.88 Å². The molecule has 0 aliphatic carbocycles. The smallest absolute Gasteiger partial charge is 0.310 e. The number of nitrogens with zero attached hydrogens (tertiary/aromatic N) is 2. The summed E-state index contributed by atoms with van der Waals surface area (Å²) in [6, 6.07) is 5.93. The van der Waals surface area contributed by atoms with Crippen LogP contribution in [0.2, 0.25) is 0 Å². The van der Waals surface area contributed by atoms with Crippen LogP contribution in [0.4, 0.5) is 0 Å². The van der Waals surface area contributed by atoms with E-state index >= 15 is 0 Å². The van der Waals surface area contributed by atoms with E-state index in [4.69, 9.17) is 4.74 Å². The normalized spacial score (nSPS) is 12.7. The van der Waals surface area contributed by atoms with Crippen LogP contribution in [-0.2, 0) is 16.0 Å². The summed E-state index contributed by atoms with van der Waals surface area (Å²) in [5, 5.41) is 0. The number of ether oxygens (including phenoxy) is 1. The molecule has 4 nitrogen and oxygen atoms in total. The minimum absolute atomic E-state index is 0.0706. The Balaban J connectivity index is 2.44. The summed E-state index contributed by atoms with van der Waals surface area (Å²) in [7, 11) is 3.48. The fourth-order valence-corrected chi connectivity index (χ4v) is 1.99. The Labute approximate surface area is 115 Å². The third-order valence-electron chi connectivity index (χ3n) is 3.29. The maximum Gasteiger partial charge on any atom is 0.310 e. The van der Waals surface area contributed by atoms with Gasteiger partial charge in [0.2, 0.25) is 0 Å². The zero-order chi connectivity index (χ0) is 14.3. The number of pyridine rings is 1. The third-order valence-corrected chi connectivity index (χ3v) is 3.29. The molecule has 1 aromatic heterocycles. The highest BCUT2D eigenvalue weighted by Crippen LogP contribution is 2.14. The van der Waals surface area contributed by atoms with E-state index in [9.17, 15) is 4.79 Å². The monoisotopic (exact) mass is 264 g/mol. The molecule has 1 rings (SSSR count). The van der Waals surface area contributed by atoms with Gasteiger partial charge in [-0.3, -0.25) is 9.78 Å². The van der Waals surface area contributed by atoms with Gasteiger partial charge in [0.1, 0.15) is 0 Å². The van der Waals surface area contributed by atoms with Crippen molar-refractivity contribution in [1.29, 1.82) is 0 Å². The minimum atomic E-state index is -0.125. The van der Waals surface area contributed by atoms with Crippen molar-refractivity contribution in [2.75, 3.05) is 27.2 Å². The van der Waals surface area contributed by atoms with Crippen LogP contribution < -0.4 is 0 Å². The van der Waals surface area contributed by atoms with Gasteiger partial charge in [-0.2, -0.15) is 0 Å². The molecule has 106 valence electrons. The average molecular weight is 264 g/mol. The van der Waals surface area contributed by atoms with Gasteiger partial charge >= 0.3 is 5.97 Å². The van der Waals surface area contributed by atoms with Crippen molar-refractivity contribution in [3.8, 4) is 0 Å². The largest absolute Gasteiger partial charge is 0.469 e. The first-order chi connectivity index (χ1) is 9.04. The van der Waals surface area contributed by atoms with Crippen LogP contribution in [0.25, 0.3) is 0 Å². The van der Waals surface area contributed by atoms with Gasteiger partial charge in [-0.25, -0.2) is 0 Å². The molecule has 0 aliphatic heterocycles. The fourth-order valence-electron chi connectivity index (χ4n) is 1.99. The van der Waals surface area contributed by atoms with Crippen LogP contribution in [0.5, 0.6) is 0 Å². The lowest BCUT2D eigenvalue weighted by Gasteiger charge is -2.24. The van der Waals surface area contributed by atoms with Gasteiger partial charge in [0.15, 0.2) is 0 Å². The molecular weight excluding hydrogens is 240 g/mol. The Hall–Kier alpha value is -1.42. The first-order valence-corrected chi connectivity index (χ1v) is 6.71. The topological polar surface area (TPSA) is 42.4 Å². The number of likely N-dealkylation sites (N-methyl/N-ethyl adjacent to an activating group) is 1. The van der Waals surface area contributed by atoms with Crippen LogP contribution in [-0.4, -0.2) is 43.1 Å². The zero-order valence-electron chi connectivity index (χ0n) is 12.3. The second kappa shape index (κ2) is 7.89. The maximum atomic E-state index is 11.7. The van der Waals surface area contributed by atoms with Crippen LogP contribution in [0.1, 0.15) is 19.5 Å². The molecule has 0 aliphatic rings. The average Bonchev–Trinajstić information content (AvgIpc) is 2.42. The number of carbonyl (C=O) groups is 1. The summed E-state index contributed by atoms with van der Waals surface area (Å²) in [5.74, 6) is 0.0863. The van der Waals surface area contributed by atoms with Gasteiger partial charge in [-0.05, 0) is 25.1 Å². The molecule has 0 radical (unpaired) electrons. The lowest BCUT2D eigenvalue weighted by atomic mass is 9.95. The molecule has 1 atom stereocenters. The molecule has 0 saturated carbocycles. The molecule has 1 unspecified atom stereocenters. The Kier molecular flexibility index (Phi) is 6.50. The second-order valence-electron chi connectivity index (χ2n) is 5.21. The predicted molar refractivity (Wildman–Crippen MR) is 75.8 cm³/mol. The molecule has 0 saturated heterocycles. The van der Waals surface area contributed by atoms with Gasteiger partial charge in [0, 0.05) is 31.4 Å². The highest BCUT2D eigenvalue weighted by atomic mass is 16.5. The Morgan fingerprint density at radius 1 is 1.42 bits per heavy atom. The first kappa shape index (κ1) is 15.6. The first-order valence-electron chi connectivity index (χ1n) is 6.71. The third kappa shape index (κ3) is 5.39. The number of hydrogen-bond acceptors (Lipinski definition) is 4. The highest BCUT2D eigenvalue weighted by Gasteiger charge is 2.24. The molecule has 0 amide bonds. The molecule has 4 heteroatoms. The summed E-state index contributed by atoms with van der Waals surface area (Å²) >= 11 is 0. The Bertz CT molecular complexity index is 379. The number of hydrogen-bond donors (Lipinski definition) is 0. The van der Waals surface area contributed by atoms with Crippen LogP contribution >= 0.6 is 0 Å². The van der Waals surface area contributed by atoms with Crippen LogP contribution in [0, 0.1) is 11.8 Å². The van der Waals surface area contributed by atoms with Gasteiger partial charge in [0.05, 0.1) is 13.0 Å². The van der Waals surface area contributed by atoms with Gasteiger partial charge in [-0.1, -0.05) is 19.9 Å². The Morgan fingerprint density at radius 3 is 2.68 bits per heavy atom. The van der Waals surface area contributed by atoms with Gasteiger partial charge in [0.25, 0.3) is 0 Å². The van der Waals surface area contributed by atoms with Gasteiger partial charge in [-0.15, -0.1) is 0 Å². The summed E-state index contributed by atoms with van der Waals surface area (Å²) in [4.78, 5) is 18.2. The molecule has 0 spiro atoms. The van der Waals surface area contributed by atoms with E-state index in [1.807, 2.05) is 39.1 Å². The summed E-state index contributed by atoms with van der Waals surface area (Å²) < 4.78 is 4.86. The molecule has 1 aromatic rings. The minimum Gasteiger partial charge on any atom is -0.469 e. The van der Waals surface area contributed by atoms with Crippen molar-refractivity contribution in [2.45, 2.75) is 20.3 Å². The molecule has 19 heavy (non-hydrogen) atoms. The lowest BCUT2D eigenvalue weighted by molar-refractivity contribution is -0.147. The SMILES string of the molecule is COC(=O)C(CN(C)CCc1ccccn1)C(C)C. The predicted octanol–water partition coefficient (Wildman–Crippen LogP) is 2.00. The van der Waals surface area contributed by atoms with Crippen LogP contribution in [0.3, 0.4) is 0 Å². The van der Waals surface area contributed by atoms with E-state index in [0.29, 0.717) is 0 Å². The van der Waals surface area contributed by atoms with Crippen molar-refractivity contribution < 1.29 is 9.53 Å². The van der Waals surface area contributed by atoms with E-state index in [1.54, 1.807) is 6.20 Å². The highest BCUT2D eigenvalue weighted by molar-refractivity contribution is 5.72. The van der Waals surface area contributed by atoms with Crippen molar-refractivity contribution in [3.05, 3.63) is 30.1 Å². The quantitative estimate of drug-likeness (QED) is 0.706. The molecule has 0 fully saturated rings. The van der Waals surface area contributed by atoms with E-state index in [0.717, 1.165) is 25.2 Å². The fraction of sp³-hybridized carbons (Fsp3) is 0.600. The van der Waals surface area contributed by atoms with E-state index in [1.165, 1.54) is 7.11 Å². The summed E-state index contributed by atoms with van der Waals surface area (Å²) in [6.07, 6.45) is 2.70. The number of methoxy groups -OCH3 is 1. The molecule has 0 N–H and O–H groups in total. The van der Waals surface area contributed by atoms with Crippen molar-refractivity contribution in [1.82, 2.24) is 9.88 Å². The standard InChI is InChI=1S/C15H24N2O2/c1-12(2)14(15(18)19-4)11-17(3)10-8-13-7-5-6-9-16-13/h5-7,9,12,14H,8,10-11H2,1-4H3. The van der Waals surface area contributed by atoms with E-state index in [-0.39, 0.29) is 17.8 Å². The summed E-state index contributed by atoms with van der Waals surface area (Å²) in [6.45, 7) is 5.71. The molecular formula is C15H24N2O2. The summed E-state index contributed by atoms with van der Waals surface area (Å²) in [5.41, 5.74) is 1.08. The second-order valence-corrected chi connectivity index (χ2v) is 5.21.